The number of hydrogen-bond donors (Lipinski definition) is 1. The minimum absolute atomic E-state index is 0.602. The minimum atomic E-state index is 0.602. The first-order chi connectivity index (χ1) is 7.77. The molecular formula is C12H16BrN3. The van der Waals surface area contributed by atoms with E-state index in [1.807, 2.05) is 0 Å². The average Bonchev–Trinajstić information content (AvgIpc) is 2.30. The van der Waals surface area contributed by atoms with Gasteiger partial charge in [0.25, 0.3) is 0 Å². The fraction of sp³-hybridized carbons (Fsp3) is 0.500. The summed E-state index contributed by atoms with van der Waals surface area (Å²) in [5.74, 6) is 0. The SMILES string of the molecule is CN1CC2CNCCN2c2c(Br)cccc21. The molecule has 1 N–H and O–H groups in total. The van der Waals surface area contributed by atoms with Crippen LogP contribution in [-0.4, -0.2) is 39.3 Å². The van der Waals surface area contributed by atoms with E-state index in [0.29, 0.717) is 6.04 Å². The van der Waals surface area contributed by atoms with Crippen molar-refractivity contribution < 1.29 is 0 Å². The zero-order valence-electron chi connectivity index (χ0n) is 9.41. The topological polar surface area (TPSA) is 18.5 Å². The third kappa shape index (κ3) is 1.52. The quantitative estimate of drug-likeness (QED) is 0.781. The predicted molar refractivity (Wildman–Crippen MR) is 71.4 cm³/mol. The van der Waals surface area contributed by atoms with Gasteiger partial charge in [-0.3, -0.25) is 0 Å². The Morgan fingerprint density at radius 2 is 2.31 bits per heavy atom. The molecule has 0 saturated carbocycles. The summed E-state index contributed by atoms with van der Waals surface area (Å²) in [7, 11) is 2.18. The number of fused-ring (bicyclic) bond motifs is 3. The lowest BCUT2D eigenvalue weighted by atomic mass is 10.1. The Hall–Kier alpha value is -0.740. The Bertz CT molecular complexity index is 407. The molecule has 1 atom stereocenters. The minimum Gasteiger partial charge on any atom is -0.371 e. The molecule has 86 valence electrons. The average molecular weight is 282 g/mol. The highest BCUT2D eigenvalue weighted by molar-refractivity contribution is 9.10. The molecule has 1 fully saturated rings. The van der Waals surface area contributed by atoms with Crippen molar-refractivity contribution >= 4 is 27.3 Å². The van der Waals surface area contributed by atoms with Gasteiger partial charge in [0.05, 0.1) is 17.4 Å². The van der Waals surface area contributed by atoms with E-state index in [1.54, 1.807) is 0 Å². The number of benzene rings is 1. The molecule has 0 amide bonds. The van der Waals surface area contributed by atoms with E-state index in [9.17, 15) is 0 Å². The molecule has 1 aromatic rings. The van der Waals surface area contributed by atoms with Crippen LogP contribution in [0.5, 0.6) is 0 Å². The van der Waals surface area contributed by atoms with E-state index in [4.69, 9.17) is 0 Å². The summed E-state index contributed by atoms with van der Waals surface area (Å²) in [5.41, 5.74) is 2.70. The summed E-state index contributed by atoms with van der Waals surface area (Å²) < 4.78 is 1.21. The van der Waals surface area contributed by atoms with Crippen molar-refractivity contribution in [1.29, 1.82) is 0 Å². The summed E-state index contributed by atoms with van der Waals surface area (Å²) in [5, 5.41) is 3.47. The highest BCUT2D eigenvalue weighted by atomic mass is 79.9. The van der Waals surface area contributed by atoms with E-state index in [1.165, 1.54) is 15.8 Å². The zero-order valence-corrected chi connectivity index (χ0v) is 11.0. The zero-order chi connectivity index (χ0) is 11.1. The number of nitrogens with one attached hydrogen (secondary N) is 1. The molecule has 1 saturated heterocycles. The third-order valence-electron chi connectivity index (χ3n) is 3.50. The summed E-state index contributed by atoms with van der Waals surface area (Å²) in [6.07, 6.45) is 0. The Kier molecular flexibility index (Phi) is 2.56. The van der Waals surface area contributed by atoms with Crippen LogP contribution in [0.2, 0.25) is 0 Å². The second-order valence-electron chi connectivity index (χ2n) is 4.54. The molecule has 2 aliphatic heterocycles. The Balaban J connectivity index is 2.09. The van der Waals surface area contributed by atoms with Gasteiger partial charge in [-0.25, -0.2) is 0 Å². The van der Waals surface area contributed by atoms with E-state index in [-0.39, 0.29) is 0 Å². The number of anilines is 2. The normalized spacial score (nSPS) is 24.0. The lowest BCUT2D eigenvalue weighted by molar-refractivity contribution is 0.465. The molecule has 0 aromatic heterocycles. The maximum atomic E-state index is 3.68. The van der Waals surface area contributed by atoms with E-state index >= 15 is 0 Å². The summed E-state index contributed by atoms with van der Waals surface area (Å²) in [6.45, 7) is 4.39. The van der Waals surface area contributed by atoms with Gasteiger partial charge in [0.1, 0.15) is 0 Å². The molecule has 4 heteroatoms. The second-order valence-corrected chi connectivity index (χ2v) is 5.39. The van der Waals surface area contributed by atoms with Gasteiger partial charge in [-0.1, -0.05) is 6.07 Å². The van der Waals surface area contributed by atoms with E-state index in [2.05, 4.69) is 56.3 Å². The van der Waals surface area contributed by atoms with Gasteiger partial charge in [-0.05, 0) is 28.1 Å². The van der Waals surface area contributed by atoms with Crippen LogP contribution in [0, 0.1) is 0 Å². The highest BCUT2D eigenvalue weighted by Gasteiger charge is 2.31. The molecule has 0 bridgehead atoms. The Morgan fingerprint density at radius 1 is 1.44 bits per heavy atom. The van der Waals surface area contributed by atoms with Gasteiger partial charge in [-0.2, -0.15) is 0 Å². The van der Waals surface area contributed by atoms with Crippen LogP contribution in [0.3, 0.4) is 0 Å². The number of halogens is 1. The fourth-order valence-electron chi connectivity index (χ4n) is 2.73. The van der Waals surface area contributed by atoms with Crippen molar-refractivity contribution in [2.45, 2.75) is 6.04 Å². The second kappa shape index (κ2) is 3.93. The number of nitrogens with zero attached hydrogens (tertiary/aromatic N) is 2. The number of piperazine rings is 1. The van der Waals surface area contributed by atoms with Crippen molar-refractivity contribution in [2.75, 3.05) is 43.0 Å². The van der Waals surface area contributed by atoms with Gasteiger partial charge in [-0.15, -0.1) is 0 Å². The van der Waals surface area contributed by atoms with Crippen LogP contribution >= 0.6 is 15.9 Å². The Labute approximate surface area is 105 Å². The number of para-hydroxylation sites is 1. The summed E-state index contributed by atoms with van der Waals surface area (Å²) in [6, 6.07) is 7.06. The van der Waals surface area contributed by atoms with Gasteiger partial charge in [0, 0.05) is 37.7 Å². The number of likely N-dealkylation sites (N-methyl/N-ethyl adjacent to an activating group) is 1. The summed E-state index contributed by atoms with van der Waals surface area (Å²) >= 11 is 3.68. The maximum Gasteiger partial charge on any atom is 0.0752 e. The molecule has 0 spiro atoms. The first-order valence-corrected chi connectivity index (χ1v) is 6.53. The van der Waals surface area contributed by atoms with Crippen LogP contribution in [0.4, 0.5) is 11.4 Å². The predicted octanol–water partition coefficient (Wildman–Crippen LogP) is 1.68. The molecule has 0 radical (unpaired) electrons. The van der Waals surface area contributed by atoms with Crippen LogP contribution in [0.1, 0.15) is 0 Å². The smallest absolute Gasteiger partial charge is 0.0752 e. The third-order valence-corrected chi connectivity index (χ3v) is 4.14. The van der Waals surface area contributed by atoms with Crippen LogP contribution in [-0.2, 0) is 0 Å². The van der Waals surface area contributed by atoms with Crippen LogP contribution in [0.25, 0.3) is 0 Å². The lowest BCUT2D eigenvalue weighted by Crippen LogP contribution is -2.58. The van der Waals surface area contributed by atoms with Gasteiger partial charge >= 0.3 is 0 Å². The standard InChI is InChI=1S/C12H16BrN3/c1-15-8-9-7-14-5-6-16(9)12-10(13)3-2-4-11(12)15/h2-4,9,14H,5-8H2,1H3. The maximum absolute atomic E-state index is 3.68. The first-order valence-electron chi connectivity index (χ1n) is 5.74. The molecule has 1 aromatic carbocycles. The molecule has 3 rings (SSSR count). The van der Waals surface area contributed by atoms with Crippen molar-refractivity contribution in [1.82, 2.24) is 5.32 Å². The van der Waals surface area contributed by atoms with Crippen molar-refractivity contribution in [3.05, 3.63) is 22.7 Å². The fourth-order valence-corrected chi connectivity index (χ4v) is 3.31. The highest BCUT2D eigenvalue weighted by Crippen LogP contribution is 2.40. The molecule has 0 aliphatic carbocycles. The van der Waals surface area contributed by atoms with Gasteiger partial charge < -0.3 is 15.1 Å². The largest absolute Gasteiger partial charge is 0.371 e. The van der Waals surface area contributed by atoms with Crippen molar-refractivity contribution in [2.24, 2.45) is 0 Å². The molecule has 1 unspecified atom stereocenters. The summed E-state index contributed by atoms with van der Waals surface area (Å²) in [4.78, 5) is 4.89. The lowest BCUT2D eigenvalue weighted by Gasteiger charge is -2.46. The van der Waals surface area contributed by atoms with Crippen molar-refractivity contribution in [3.8, 4) is 0 Å². The molecule has 2 heterocycles. The van der Waals surface area contributed by atoms with Crippen LogP contribution in [0.15, 0.2) is 22.7 Å². The molecule has 16 heavy (non-hydrogen) atoms. The van der Waals surface area contributed by atoms with Crippen molar-refractivity contribution in [3.63, 3.8) is 0 Å². The van der Waals surface area contributed by atoms with Gasteiger partial charge in [0.15, 0.2) is 0 Å². The number of hydrogen-bond acceptors (Lipinski definition) is 3. The molecule has 2 aliphatic rings. The van der Waals surface area contributed by atoms with Crippen LogP contribution < -0.4 is 15.1 Å². The molecule has 3 nitrogen and oxygen atoms in total. The first kappa shape index (κ1) is 10.4. The Morgan fingerprint density at radius 3 is 3.19 bits per heavy atom. The number of rotatable bonds is 0. The van der Waals surface area contributed by atoms with Gasteiger partial charge in [0.2, 0.25) is 0 Å². The van der Waals surface area contributed by atoms with E-state index in [0.717, 1.165) is 26.2 Å². The van der Waals surface area contributed by atoms with E-state index < -0.39 is 0 Å². The monoisotopic (exact) mass is 281 g/mol. The molecular weight excluding hydrogens is 266 g/mol.